The average Bonchev–Trinajstić information content (AvgIpc) is 3.73. The highest BCUT2D eigenvalue weighted by Gasteiger charge is 2.40. The molecule has 47 heavy (non-hydrogen) atoms. The molecule has 6 rings (SSSR count). The summed E-state index contributed by atoms with van der Waals surface area (Å²) in [6.07, 6.45) is 6.43. The van der Waals surface area contributed by atoms with Crippen LogP contribution in [0.5, 0.6) is 0 Å². The number of aromatic nitrogens is 1. The Morgan fingerprint density at radius 2 is 1.66 bits per heavy atom. The van der Waals surface area contributed by atoms with Gasteiger partial charge in [-0.3, -0.25) is 4.79 Å². The van der Waals surface area contributed by atoms with Crippen LogP contribution in [0.1, 0.15) is 92.5 Å². The summed E-state index contributed by atoms with van der Waals surface area (Å²) in [6, 6.07) is 27.4. The number of amides is 1. The van der Waals surface area contributed by atoms with E-state index in [9.17, 15) is 14.1 Å². The Balaban J connectivity index is 1.36. The van der Waals surface area contributed by atoms with Crippen LogP contribution in [-0.4, -0.2) is 35.9 Å². The summed E-state index contributed by atoms with van der Waals surface area (Å²) in [6.45, 7) is 6.20. The van der Waals surface area contributed by atoms with Crippen molar-refractivity contribution < 1.29 is 14.1 Å². The monoisotopic (exact) mass is 645 g/mol. The highest BCUT2D eigenvalue weighted by atomic mass is 32.2. The van der Waals surface area contributed by atoms with Gasteiger partial charge < -0.3 is 10.4 Å². The van der Waals surface area contributed by atoms with E-state index in [4.69, 9.17) is 4.98 Å². The molecule has 6 nitrogen and oxygen atoms in total. The predicted octanol–water partition coefficient (Wildman–Crippen LogP) is 8.30. The largest absolute Gasteiger partial charge is 0.396 e. The van der Waals surface area contributed by atoms with Crippen molar-refractivity contribution in [1.29, 1.82) is 0 Å². The topological polar surface area (TPSA) is 82.5 Å². The van der Waals surface area contributed by atoms with Gasteiger partial charge in [0.15, 0.2) is 0 Å². The van der Waals surface area contributed by atoms with Crippen molar-refractivity contribution in [3.05, 3.63) is 107 Å². The summed E-state index contributed by atoms with van der Waals surface area (Å²) in [5.41, 5.74) is 7.35. The number of aliphatic hydroxyl groups is 1. The third-order valence-electron chi connectivity index (χ3n) is 9.01. The summed E-state index contributed by atoms with van der Waals surface area (Å²) < 4.78 is 15.2. The second-order valence-electron chi connectivity index (χ2n) is 13.5. The summed E-state index contributed by atoms with van der Waals surface area (Å²) in [5.74, 6) is 7.13. The van der Waals surface area contributed by atoms with Gasteiger partial charge in [-0.25, -0.2) is 13.5 Å². The van der Waals surface area contributed by atoms with Crippen LogP contribution in [0.25, 0.3) is 22.4 Å². The molecule has 1 fully saturated rings. The van der Waals surface area contributed by atoms with Crippen molar-refractivity contribution in [2.24, 2.45) is 5.92 Å². The fraction of sp³-hybridized carbons (Fsp3) is 0.350. The van der Waals surface area contributed by atoms with Crippen LogP contribution in [0, 0.1) is 17.8 Å². The first-order valence-corrected chi connectivity index (χ1v) is 17.7. The number of anilines is 1. The summed E-state index contributed by atoms with van der Waals surface area (Å²) in [5, 5.41) is 13.1. The Bertz CT molecular complexity index is 1810. The van der Waals surface area contributed by atoms with Gasteiger partial charge in [-0.05, 0) is 93.0 Å². The van der Waals surface area contributed by atoms with E-state index < -0.39 is 15.7 Å². The zero-order chi connectivity index (χ0) is 33.0. The molecule has 0 radical (unpaired) electrons. The number of fused-ring (bicyclic) bond motifs is 1. The van der Waals surface area contributed by atoms with E-state index in [1.54, 1.807) is 0 Å². The number of carbonyl (C=O) groups excluding carboxylic acids is 1. The number of nitrogens with one attached hydrogen (secondary N) is 1. The molecule has 1 aromatic heterocycles. The lowest BCUT2D eigenvalue weighted by molar-refractivity contribution is 0.102. The molecule has 242 valence electrons. The maximum Gasteiger partial charge on any atom is 0.274 e. The molecule has 2 N–H and O–H groups in total. The predicted molar refractivity (Wildman–Crippen MR) is 191 cm³/mol. The summed E-state index contributed by atoms with van der Waals surface area (Å²) in [4.78, 5) is 18.7. The van der Waals surface area contributed by atoms with Gasteiger partial charge in [-0.1, -0.05) is 79.3 Å². The number of nitrogens with zero attached hydrogens (tertiary/aromatic N) is 2. The lowest BCUT2D eigenvalue weighted by Gasteiger charge is -2.30. The molecule has 0 saturated heterocycles. The van der Waals surface area contributed by atoms with Crippen LogP contribution in [0.4, 0.5) is 5.69 Å². The van der Waals surface area contributed by atoms with Gasteiger partial charge in [0, 0.05) is 42.0 Å². The maximum atomic E-state index is 13.8. The Labute approximate surface area is 281 Å². The molecule has 4 aromatic rings. The number of carbonyl (C=O) groups is 1. The average molecular weight is 646 g/mol. The fourth-order valence-corrected chi connectivity index (χ4v) is 8.04. The first kappa shape index (κ1) is 32.8. The number of hydrogen-bond donors (Lipinski definition) is 2. The van der Waals surface area contributed by atoms with Crippen molar-refractivity contribution in [2.75, 3.05) is 11.9 Å². The van der Waals surface area contributed by atoms with E-state index in [-0.39, 0.29) is 24.2 Å². The zero-order valence-corrected chi connectivity index (χ0v) is 28.3. The summed E-state index contributed by atoms with van der Waals surface area (Å²) >= 11 is 0. The van der Waals surface area contributed by atoms with Crippen molar-refractivity contribution in [3.8, 4) is 34.2 Å². The quantitative estimate of drug-likeness (QED) is 0.189. The van der Waals surface area contributed by atoms with Crippen LogP contribution < -0.4 is 5.32 Å². The molecule has 2 atom stereocenters. The van der Waals surface area contributed by atoms with Crippen LogP contribution in [-0.2, 0) is 17.5 Å². The highest BCUT2D eigenvalue weighted by Crippen LogP contribution is 2.44. The second kappa shape index (κ2) is 14.4. The Morgan fingerprint density at radius 3 is 2.36 bits per heavy atom. The SMILES string of the molecule is CC(C)(C)[S@@](=O)N1Cc2cc(C(=O)Nc3ccc(-c4ccccc4)cc3)nc(-c3cccc(C#CCC4CCCC4)c3)c2[C@H]1CCO. The van der Waals surface area contributed by atoms with Gasteiger partial charge in [0.1, 0.15) is 16.7 Å². The van der Waals surface area contributed by atoms with Gasteiger partial charge in [0.05, 0.1) is 16.5 Å². The van der Waals surface area contributed by atoms with Gasteiger partial charge in [-0.2, -0.15) is 0 Å². The minimum atomic E-state index is -1.34. The van der Waals surface area contributed by atoms with E-state index in [1.165, 1.54) is 25.7 Å². The minimum absolute atomic E-state index is 0.0602. The summed E-state index contributed by atoms with van der Waals surface area (Å²) in [7, 11) is -1.34. The molecule has 1 amide bonds. The molecule has 7 heteroatoms. The molecule has 1 aliphatic heterocycles. The number of pyridine rings is 1. The van der Waals surface area contributed by atoms with Crippen molar-refractivity contribution in [2.45, 2.75) is 76.6 Å². The van der Waals surface area contributed by atoms with Crippen molar-refractivity contribution in [1.82, 2.24) is 9.29 Å². The molecule has 0 unspecified atom stereocenters. The third-order valence-corrected chi connectivity index (χ3v) is 10.9. The van der Waals surface area contributed by atoms with Gasteiger partial charge in [-0.15, -0.1) is 0 Å². The van der Waals surface area contributed by atoms with Crippen molar-refractivity contribution in [3.63, 3.8) is 0 Å². The molecule has 2 aliphatic rings. The third kappa shape index (κ3) is 7.57. The van der Waals surface area contributed by atoms with E-state index in [2.05, 4.69) is 29.3 Å². The van der Waals surface area contributed by atoms with E-state index in [0.717, 1.165) is 39.8 Å². The lowest BCUT2D eigenvalue weighted by atomic mass is 9.95. The van der Waals surface area contributed by atoms with Gasteiger partial charge in [0.25, 0.3) is 5.91 Å². The first-order valence-electron chi connectivity index (χ1n) is 16.6. The minimum Gasteiger partial charge on any atom is -0.396 e. The van der Waals surface area contributed by atoms with Crippen LogP contribution in [0.2, 0.25) is 0 Å². The molecular formula is C40H43N3O3S. The molecule has 0 bridgehead atoms. The number of benzene rings is 3. The number of hydrogen-bond acceptors (Lipinski definition) is 4. The van der Waals surface area contributed by atoms with E-state index in [1.807, 2.05) is 97.9 Å². The Kier molecular flexibility index (Phi) is 10.0. The maximum absolute atomic E-state index is 13.8. The first-order chi connectivity index (χ1) is 22.7. The zero-order valence-electron chi connectivity index (χ0n) is 27.5. The lowest BCUT2D eigenvalue weighted by Crippen LogP contribution is -2.36. The van der Waals surface area contributed by atoms with Crippen LogP contribution in [0.3, 0.4) is 0 Å². The number of aliphatic hydroxyl groups excluding tert-OH is 1. The van der Waals surface area contributed by atoms with Crippen LogP contribution >= 0.6 is 0 Å². The molecular weight excluding hydrogens is 603 g/mol. The fourth-order valence-electron chi connectivity index (χ4n) is 6.63. The Hall–Kier alpha value is -4.09. The standard InChI is InChI=1S/C40H43N3O3S/c1-40(2,3)47(46)43-27-33-26-35(39(45)41-34-21-19-31(20-22-34)30-16-5-4-6-17-30)42-38(37(33)36(43)23-24-44)32-18-10-15-29(25-32)14-9-13-28-11-7-8-12-28/h4-6,10,15-22,25-26,28,36,44H,7-8,11-13,23-24,27H2,1-3H3,(H,41,45)/t36-,47-/m1/s1. The second-order valence-corrected chi connectivity index (χ2v) is 15.7. The van der Waals surface area contributed by atoms with Crippen molar-refractivity contribution >= 4 is 22.6 Å². The number of rotatable bonds is 8. The highest BCUT2D eigenvalue weighted by molar-refractivity contribution is 7.84. The molecule has 0 spiro atoms. The molecule has 1 saturated carbocycles. The van der Waals surface area contributed by atoms with E-state index in [0.29, 0.717) is 30.3 Å². The van der Waals surface area contributed by atoms with E-state index >= 15 is 0 Å². The normalized spacial score (nSPS) is 17.1. The van der Waals surface area contributed by atoms with Gasteiger partial charge >= 0.3 is 0 Å². The molecule has 3 aromatic carbocycles. The Morgan fingerprint density at radius 1 is 0.957 bits per heavy atom. The van der Waals surface area contributed by atoms with Gasteiger partial charge in [0.2, 0.25) is 0 Å². The van der Waals surface area contributed by atoms with Crippen LogP contribution in [0.15, 0.2) is 84.9 Å². The molecule has 1 aliphatic carbocycles. The molecule has 2 heterocycles. The smallest absolute Gasteiger partial charge is 0.274 e.